The minimum Gasteiger partial charge on any atom is -0.379 e. The molecule has 0 amide bonds. The number of anilines is 1. The molecule has 0 heterocycles. The highest BCUT2D eigenvalue weighted by atomic mass is 16.6. The highest BCUT2D eigenvalue weighted by Crippen LogP contribution is 2.27. The molecule has 1 N–H and O–H groups in total. The van der Waals surface area contributed by atoms with Gasteiger partial charge >= 0.3 is 0 Å². The van der Waals surface area contributed by atoms with Crippen LogP contribution in [0.2, 0.25) is 0 Å². The summed E-state index contributed by atoms with van der Waals surface area (Å²) in [4.78, 5) is 10.5. The molecule has 4 heteroatoms. The molecule has 0 saturated carbocycles. The van der Waals surface area contributed by atoms with Gasteiger partial charge in [-0.15, -0.1) is 12.3 Å². The number of nitro benzene ring substituents is 1. The molecule has 0 aliphatic carbocycles. The van der Waals surface area contributed by atoms with Crippen molar-refractivity contribution < 1.29 is 4.92 Å². The molecule has 1 aromatic rings. The largest absolute Gasteiger partial charge is 0.379 e. The highest BCUT2D eigenvalue weighted by Gasteiger charge is 2.15. The fourth-order valence-corrected chi connectivity index (χ4v) is 1.46. The first kappa shape index (κ1) is 12.1. The van der Waals surface area contributed by atoms with Crippen LogP contribution in [0.1, 0.15) is 18.4 Å². The van der Waals surface area contributed by atoms with E-state index in [2.05, 4.69) is 11.2 Å². The number of benzene rings is 1. The van der Waals surface area contributed by atoms with E-state index in [0.29, 0.717) is 24.2 Å². The Balaban J connectivity index is 2.76. The number of hydrogen-bond donors (Lipinski definition) is 1. The van der Waals surface area contributed by atoms with E-state index in [9.17, 15) is 10.1 Å². The Labute approximate surface area is 94.8 Å². The van der Waals surface area contributed by atoms with Gasteiger partial charge in [0.05, 0.1) is 4.92 Å². The number of para-hydroxylation sites is 1. The third-order valence-electron chi connectivity index (χ3n) is 2.23. The molecule has 0 aromatic heterocycles. The average Bonchev–Trinajstić information content (AvgIpc) is 2.24. The SMILES string of the molecule is C#CCCCNc1cccc(C)c1[N+](=O)[O-]. The van der Waals surface area contributed by atoms with Crippen molar-refractivity contribution in [3.05, 3.63) is 33.9 Å². The summed E-state index contributed by atoms with van der Waals surface area (Å²) < 4.78 is 0. The molecule has 1 aromatic carbocycles. The lowest BCUT2D eigenvalue weighted by Crippen LogP contribution is -2.05. The molecule has 16 heavy (non-hydrogen) atoms. The van der Waals surface area contributed by atoms with Crippen LogP contribution in [0.4, 0.5) is 11.4 Å². The van der Waals surface area contributed by atoms with E-state index in [1.54, 1.807) is 25.1 Å². The van der Waals surface area contributed by atoms with Crippen molar-refractivity contribution in [2.24, 2.45) is 0 Å². The maximum absolute atomic E-state index is 10.9. The molecule has 0 atom stereocenters. The van der Waals surface area contributed by atoms with Crippen LogP contribution in [0.15, 0.2) is 18.2 Å². The van der Waals surface area contributed by atoms with E-state index in [0.717, 1.165) is 6.42 Å². The molecule has 4 nitrogen and oxygen atoms in total. The van der Waals surface area contributed by atoms with Gasteiger partial charge < -0.3 is 5.32 Å². The zero-order chi connectivity index (χ0) is 12.0. The van der Waals surface area contributed by atoms with Gasteiger partial charge in [0, 0.05) is 18.5 Å². The van der Waals surface area contributed by atoms with Gasteiger partial charge in [-0.1, -0.05) is 12.1 Å². The van der Waals surface area contributed by atoms with Crippen LogP contribution in [0.5, 0.6) is 0 Å². The third kappa shape index (κ3) is 2.99. The summed E-state index contributed by atoms with van der Waals surface area (Å²) in [5.74, 6) is 2.53. The quantitative estimate of drug-likeness (QED) is 0.358. The fourth-order valence-electron chi connectivity index (χ4n) is 1.46. The number of hydrogen-bond acceptors (Lipinski definition) is 3. The number of terminal acetylenes is 1. The fraction of sp³-hybridized carbons (Fsp3) is 0.333. The summed E-state index contributed by atoms with van der Waals surface area (Å²) in [6, 6.07) is 5.23. The Kier molecular flexibility index (Phi) is 4.34. The van der Waals surface area contributed by atoms with Crippen LogP contribution in [-0.4, -0.2) is 11.5 Å². The van der Waals surface area contributed by atoms with E-state index in [1.165, 1.54) is 0 Å². The Hall–Kier alpha value is -2.02. The van der Waals surface area contributed by atoms with Crippen LogP contribution >= 0.6 is 0 Å². The van der Waals surface area contributed by atoms with Gasteiger partial charge in [-0.25, -0.2) is 0 Å². The van der Waals surface area contributed by atoms with E-state index < -0.39 is 0 Å². The number of unbranched alkanes of at least 4 members (excludes halogenated alkanes) is 1. The second-order valence-electron chi connectivity index (χ2n) is 3.46. The van der Waals surface area contributed by atoms with Crippen LogP contribution in [0.25, 0.3) is 0 Å². The lowest BCUT2D eigenvalue weighted by atomic mass is 10.1. The first-order valence-electron chi connectivity index (χ1n) is 5.08. The Morgan fingerprint density at radius 1 is 1.56 bits per heavy atom. The number of nitrogens with zero attached hydrogens (tertiary/aromatic N) is 1. The molecule has 0 fully saturated rings. The number of nitro groups is 1. The molecule has 0 aliphatic heterocycles. The van der Waals surface area contributed by atoms with E-state index in [1.807, 2.05) is 0 Å². The molecule has 0 radical (unpaired) electrons. The average molecular weight is 218 g/mol. The molecule has 84 valence electrons. The first-order valence-corrected chi connectivity index (χ1v) is 5.08. The van der Waals surface area contributed by atoms with E-state index >= 15 is 0 Å². The van der Waals surface area contributed by atoms with Gasteiger partial charge in [-0.05, 0) is 19.4 Å². The Bertz CT molecular complexity index is 422. The molecule has 0 saturated heterocycles. The lowest BCUT2D eigenvalue weighted by Gasteiger charge is -2.07. The van der Waals surface area contributed by atoms with E-state index in [4.69, 9.17) is 6.42 Å². The zero-order valence-corrected chi connectivity index (χ0v) is 9.19. The lowest BCUT2D eigenvalue weighted by molar-refractivity contribution is -0.384. The molecule has 0 spiro atoms. The maximum atomic E-state index is 10.9. The highest BCUT2D eigenvalue weighted by molar-refractivity contribution is 5.64. The molecule has 0 unspecified atom stereocenters. The first-order chi connectivity index (χ1) is 7.66. The van der Waals surface area contributed by atoms with Crippen molar-refractivity contribution in [3.63, 3.8) is 0 Å². The summed E-state index contributed by atoms with van der Waals surface area (Å²) in [5.41, 5.74) is 1.36. The predicted molar refractivity (Wildman–Crippen MR) is 64.4 cm³/mol. The van der Waals surface area contributed by atoms with Crippen LogP contribution in [0, 0.1) is 29.4 Å². The van der Waals surface area contributed by atoms with Gasteiger partial charge in [-0.2, -0.15) is 0 Å². The maximum Gasteiger partial charge on any atom is 0.295 e. The normalized spacial score (nSPS) is 9.50. The second kappa shape index (κ2) is 5.76. The number of nitrogens with one attached hydrogen (secondary N) is 1. The summed E-state index contributed by atoms with van der Waals surface area (Å²) in [6.45, 7) is 2.37. The minimum atomic E-state index is -0.362. The van der Waals surface area contributed by atoms with Crippen LogP contribution < -0.4 is 5.32 Å². The molecule has 1 rings (SSSR count). The topological polar surface area (TPSA) is 55.2 Å². The van der Waals surface area contributed by atoms with Crippen LogP contribution in [0.3, 0.4) is 0 Å². The van der Waals surface area contributed by atoms with Crippen molar-refractivity contribution >= 4 is 11.4 Å². The summed E-state index contributed by atoms with van der Waals surface area (Å²) in [6.07, 6.45) is 6.60. The summed E-state index contributed by atoms with van der Waals surface area (Å²) in [7, 11) is 0. The van der Waals surface area contributed by atoms with Crippen molar-refractivity contribution in [2.75, 3.05) is 11.9 Å². The zero-order valence-electron chi connectivity index (χ0n) is 9.19. The Morgan fingerprint density at radius 3 is 2.94 bits per heavy atom. The minimum absolute atomic E-state index is 0.142. The van der Waals surface area contributed by atoms with Crippen molar-refractivity contribution in [2.45, 2.75) is 19.8 Å². The molecule has 0 bridgehead atoms. The third-order valence-corrected chi connectivity index (χ3v) is 2.23. The summed E-state index contributed by atoms with van der Waals surface area (Å²) in [5, 5.41) is 13.9. The van der Waals surface area contributed by atoms with Crippen molar-refractivity contribution in [1.82, 2.24) is 0 Å². The standard InChI is InChI=1S/C12H14N2O2/c1-3-4-5-9-13-11-8-6-7-10(2)12(11)14(15)16/h1,6-8,13H,4-5,9H2,2H3. The van der Waals surface area contributed by atoms with Crippen molar-refractivity contribution in [3.8, 4) is 12.3 Å². The van der Waals surface area contributed by atoms with E-state index in [-0.39, 0.29) is 10.6 Å². The van der Waals surface area contributed by atoms with Gasteiger partial charge in [0.25, 0.3) is 5.69 Å². The molecule has 0 aliphatic rings. The van der Waals surface area contributed by atoms with Gasteiger partial charge in [-0.3, -0.25) is 10.1 Å². The van der Waals surface area contributed by atoms with Crippen LogP contribution in [-0.2, 0) is 0 Å². The number of rotatable bonds is 5. The Morgan fingerprint density at radius 2 is 2.31 bits per heavy atom. The molecular formula is C12H14N2O2. The smallest absolute Gasteiger partial charge is 0.295 e. The van der Waals surface area contributed by atoms with Gasteiger partial charge in [0.1, 0.15) is 5.69 Å². The number of aryl methyl sites for hydroxylation is 1. The predicted octanol–water partition coefficient (Wildman–Crippen LogP) is 2.73. The van der Waals surface area contributed by atoms with Crippen molar-refractivity contribution in [1.29, 1.82) is 0 Å². The molecular weight excluding hydrogens is 204 g/mol. The van der Waals surface area contributed by atoms with Gasteiger partial charge in [0.2, 0.25) is 0 Å². The second-order valence-corrected chi connectivity index (χ2v) is 3.46. The monoisotopic (exact) mass is 218 g/mol. The summed E-state index contributed by atoms with van der Waals surface area (Å²) >= 11 is 0. The van der Waals surface area contributed by atoms with Gasteiger partial charge in [0.15, 0.2) is 0 Å².